The molecule has 0 saturated heterocycles. The van der Waals surface area contributed by atoms with E-state index in [2.05, 4.69) is 64.6 Å². The van der Waals surface area contributed by atoms with Crippen LogP contribution in [0.3, 0.4) is 0 Å². The van der Waals surface area contributed by atoms with Gasteiger partial charge in [-0.25, -0.2) is 43.1 Å². The van der Waals surface area contributed by atoms with Crippen LogP contribution in [0, 0.1) is 17.5 Å². The number of ether oxygens (including phenoxy) is 3. The summed E-state index contributed by atoms with van der Waals surface area (Å²) in [6, 6.07) is 14.7. The summed E-state index contributed by atoms with van der Waals surface area (Å²) in [4.78, 5) is 40.6. The number of benzene rings is 3. The highest BCUT2D eigenvalue weighted by Gasteiger charge is 2.33. The minimum Gasteiger partial charge on any atom is -0.506 e. The highest BCUT2D eigenvalue weighted by molar-refractivity contribution is 6.34. The van der Waals surface area contributed by atoms with Gasteiger partial charge in [0.1, 0.15) is 62.7 Å². The fourth-order valence-corrected chi connectivity index (χ4v) is 13.0. The first-order valence-electron chi connectivity index (χ1n) is 32.2. The van der Waals surface area contributed by atoms with E-state index in [0.717, 1.165) is 5.70 Å². The predicted octanol–water partition coefficient (Wildman–Crippen LogP) is 18.3. The van der Waals surface area contributed by atoms with Gasteiger partial charge in [-0.3, -0.25) is 28.2 Å². The number of aliphatic hydroxyl groups is 1. The molecule has 21 nitrogen and oxygen atoms in total. The lowest BCUT2D eigenvalue weighted by Gasteiger charge is -2.23. The second-order valence-corrected chi connectivity index (χ2v) is 27.3. The van der Waals surface area contributed by atoms with Gasteiger partial charge >= 0.3 is 0 Å². The number of imidazole rings is 3. The van der Waals surface area contributed by atoms with Crippen molar-refractivity contribution >= 4 is 121 Å². The number of pyridine rings is 3. The molecular weight excluding hydrogens is 1460 g/mol. The Hall–Kier alpha value is -10.1. The van der Waals surface area contributed by atoms with Crippen LogP contribution in [0.2, 0.25) is 30.5 Å². The zero-order valence-electron chi connectivity index (χ0n) is 58.2. The van der Waals surface area contributed by atoms with Gasteiger partial charge in [0.2, 0.25) is 0 Å². The lowest BCUT2D eigenvalue weighted by molar-refractivity contribution is 0.239. The molecule has 0 fully saturated rings. The van der Waals surface area contributed by atoms with E-state index < -0.39 is 35.2 Å². The lowest BCUT2D eigenvalue weighted by atomic mass is 9.93. The molecule has 0 radical (unpaired) electrons. The number of halogens is 9. The van der Waals surface area contributed by atoms with Gasteiger partial charge in [-0.1, -0.05) is 128 Å². The highest BCUT2D eigenvalue weighted by Crippen LogP contribution is 2.49. The van der Waals surface area contributed by atoms with Crippen molar-refractivity contribution in [1.29, 1.82) is 0 Å². The molecule has 9 heterocycles. The van der Waals surface area contributed by atoms with Gasteiger partial charge in [0.05, 0.1) is 72.9 Å². The van der Waals surface area contributed by atoms with Crippen molar-refractivity contribution < 1.29 is 32.5 Å². The van der Waals surface area contributed by atoms with Crippen LogP contribution in [0.5, 0.6) is 17.2 Å². The van der Waals surface area contributed by atoms with Gasteiger partial charge < -0.3 is 47.2 Å². The smallest absolute Gasteiger partial charge is 0.158 e. The Morgan fingerprint density at radius 1 is 0.462 bits per heavy atom. The molecule has 12 rings (SSSR count). The summed E-state index contributed by atoms with van der Waals surface area (Å²) in [5, 5.41) is 10.1. The molecule has 9 N–H and O–H groups in total. The molecule has 0 spiro atoms. The molecule has 0 aliphatic rings. The lowest BCUT2D eigenvalue weighted by Crippen LogP contribution is -2.13. The van der Waals surface area contributed by atoms with Crippen LogP contribution >= 0.6 is 69.6 Å². The number of nitrogens with zero attached hydrogens (tertiary/aromatic N) is 13. The van der Waals surface area contributed by atoms with Crippen LogP contribution < -0.4 is 37.1 Å². The number of aliphatic hydroxyl groups excluding tert-OH is 1. The van der Waals surface area contributed by atoms with Crippen molar-refractivity contribution in [3.05, 3.63) is 229 Å². The number of rotatable bonds is 19. The number of aromatic nitrogens is 12. The molecule has 0 bridgehead atoms. The first kappa shape index (κ1) is 76.6. The molecule has 3 aromatic carbocycles. The van der Waals surface area contributed by atoms with Crippen molar-refractivity contribution in [3.8, 4) is 50.6 Å². The van der Waals surface area contributed by atoms with Crippen molar-refractivity contribution in [2.24, 2.45) is 5.73 Å². The van der Waals surface area contributed by atoms with Crippen LogP contribution in [0.25, 0.3) is 67.1 Å². The fourth-order valence-electron chi connectivity index (χ4n) is 11.6. The first-order chi connectivity index (χ1) is 49.2. The Bertz CT molecular complexity index is 5070. The molecule has 12 aromatic rings. The molecule has 0 amide bonds. The van der Waals surface area contributed by atoms with E-state index in [1.807, 2.05) is 81.3 Å². The summed E-state index contributed by atoms with van der Waals surface area (Å²) in [5.41, 5.74) is 31.6. The van der Waals surface area contributed by atoms with Gasteiger partial charge in [0.15, 0.2) is 50.4 Å². The number of nitrogen functional groups attached to an aromatic ring is 3. The number of anilines is 3. The van der Waals surface area contributed by atoms with Crippen LogP contribution in [0.4, 0.5) is 30.6 Å². The number of hydrogen-bond acceptors (Lipinski definition) is 18. The van der Waals surface area contributed by atoms with E-state index in [1.165, 1.54) is 24.5 Å². The first-order valence-corrected chi connectivity index (χ1v) is 34.5. The quantitative estimate of drug-likeness (QED) is 0.0470. The molecule has 3 unspecified atom stereocenters. The zero-order valence-corrected chi connectivity index (χ0v) is 62.7. The Morgan fingerprint density at radius 2 is 0.750 bits per heavy atom. The Morgan fingerprint density at radius 3 is 1.00 bits per heavy atom. The van der Waals surface area contributed by atoms with Gasteiger partial charge in [-0.05, 0) is 77.9 Å². The minimum atomic E-state index is -0.648. The van der Waals surface area contributed by atoms with Gasteiger partial charge in [0.25, 0.3) is 0 Å². The molecule has 3 atom stereocenters. The van der Waals surface area contributed by atoms with Gasteiger partial charge in [-0.2, -0.15) is 0 Å². The third kappa shape index (κ3) is 15.4. The Balaban J connectivity index is 0.000000168. The average Bonchev–Trinajstić information content (AvgIpc) is 1.29. The maximum atomic E-state index is 15.6. The summed E-state index contributed by atoms with van der Waals surface area (Å²) in [6.45, 7) is 28.0. The maximum absolute atomic E-state index is 15.6. The molecule has 0 aliphatic carbocycles. The summed E-state index contributed by atoms with van der Waals surface area (Å²) in [7, 11) is 3.76. The number of fused-ring (bicyclic) bond motifs is 3. The van der Waals surface area contributed by atoms with Crippen molar-refractivity contribution in [2.75, 3.05) is 31.3 Å². The number of nitrogens with two attached hydrogens (primary N) is 4. The van der Waals surface area contributed by atoms with E-state index in [-0.39, 0.29) is 94.4 Å². The summed E-state index contributed by atoms with van der Waals surface area (Å²) in [6.07, 6.45) is 13.6. The van der Waals surface area contributed by atoms with Crippen molar-refractivity contribution in [2.45, 2.75) is 98.4 Å². The summed E-state index contributed by atoms with van der Waals surface area (Å²) >= 11 is 38.3. The van der Waals surface area contributed by atoms with Gasteiger partial charge in [0, 0.05) is 121 Å². The largest absolute Gasteiger partial charge is 0.506 e. The molecular formula is C74H72Cl6F3N17O4. The normalized spacial score (nSPS) is 12.3. The molecule has 9 aromatic heterocycles. The molecule has 540 valence electrons. The topological polar surface area (TPSA) is 284 Å². The minimum absolute atomic E-state index is 0.0436. The SMILES string of the molecule is C=C(N)c1ccc(-c2c(F)c(Cl)cc(C(C)c3nc(Cl)c4c(N)nccn34)c2OC(C)C)cn1.C=C(O)c1ccc(-c2c(F)c(Cl)cc(C(C)c3nc(Cl)c4c(N)nccn34)c2OC(C)C)cn1.C=C(c1ccc(-c2c(F)c(Cl)cc(C(C)c3nc(Cl)c4c(N)nccn34)c2OC(C)C)cn1)N(C)C. The van der Waals surface area contributed by atoms with Crippen molar-refractivity contribution in [3.63, 3.8) is 0 Å². The van der Waals surface area contributed by atoms with E-state index in [0.29, 0.717) is 102 Å². The van der Waals surface area contributed by atoms with Crippen LogP contribution in [-0.2, 0) is 0 Å². The van der Waals surface area contributed by atoms with Gasteiger partial charge in [-0.15, -0.1) is 0 Å². The van der Waals surface area contributed by atoms with E-state index in [4.69, 9.17) is 107 Å². The van der Waals surface area contributed by atoms with Crippen LogP contribution in [-0.4, -0.2) is 100 Å². The molecule has 0 aliphatic heterocycles. The van der Waals surface area contributed by atoms with E-state index >= 15 is 13.2 Å². The number of hydrogen-bond donors (Lipinski definition) is 5. The fraction of sp³-hybridized carbons (Fsp3) is 0.230. The average molecular weight is 1530 g/mol. The second-order valence-electron chi connectivity index (χ2n) is 25.0. The van der Waals surface area contributed by atoms with Crippen molar-refractivity contribution in [1.82, 2.24) is 63.0 Å². The maximum Gasteiger partial charge on any atom is 0.158 e. The Kier molecular flexibility index (Phi) is 23.2. The summed E-state index contributed by atoms with van der Waals surface area (Å²) in [5.74, 6) is 0.202. The molecule has 30 heteroatoms. The third-order valence-corrected chi connectivity index (χ3v) is 18.2. The second kappa shape index (κ2) is 31.5. The van der Waals surface area contributed by atoms with Crippen LogP contribution in [0.1, 0.15) is 131 Å². The van der Waals surface area contributed by atoms with E-state index in [9.17, 15) is 5.11 Å². The third-order valence-electron chi connectivity index (χ3n) is 16.5. The Labute approximate surface area is 627 Å². The van der Waals surface area contributed by atoms with E-state index in [1.54, 1.807) is 99.0 Å². The summed E-state index contributed by atoms with van der Waals surface area (Å²) < 4.78 is 70.3. The predicted molar refractivity (Wildman–Crippen MR) is 409 cm³/mol. The molecule has 104 heavy (non-hydrogen) atoms. The van der Waals surface area contributed by atoms with Crippen LogP contribution in [0.15, 0.2) is 130 Å². The highest BCUT2D eigenvalue weighted by atomic mass is 35.5. The zero-order chi connectivity index (χ0) is 75.8. The standard InChI is InChI=1S/C26H27Cl2FN6O.C24H23Cl2FN6O.C24H22Cl2FN5O2/c1-13(2)36-23-17(14(3)26-33-24(28)22-25(30)31-9-10-35(22)26)11-18(27)21(29)20(23)16-7-8-19(32-12-16)15(4)34(5)6;1-11(2)34-21-15(12(3)24-32-22(26)20-23(29)30-7-8-33(20)24)9-16(25)19(27)18(21)14-5-6-17(13(4)28)31-10-14;1-11(2)34-21-15(12(3)24-31-22(26)20-23(28)29-7-8-32(20)24)9-16(25)19(27)18(21)14-5-6-17(13(4)33)30-10-14/h7-14H,4H2,1-3,5-6H3,(H2,30,31);5-12H,4,28H2,1-3H3,(H2,29,30);5-12,33H,4H2,1-3H3,(H2,28,29). The monoisotopic (exact) mass is 1530 g/mol. The molecule has 0 saturated carbocycles.